The number of carbonyl (C=O) groups excluding carboxylic acids is 3. The number of ketones is 1. The zero-order valence-corrected chi connectivity index (χ0v) is 22.4. The molecule has 2 amide bonds. The lowest BCUT2D eigenvalue weighted by atomic mass is 9.84. The predicted molar refractivity (Wildman–Crippen MR) is 147 cm³/mol. The second-order valence-electron chi connectivity index (χ2n) is 9.89. The number of rotatable bonds is 14. The standard InChI is InChI=1S/C29H33N5O6/c1-19(2)27(33-25(36)14-13-20-9-5-3-6-10-20)23-17-29(40-34-23,16-21-11-7-4-8-12-21)28(39)32-22(15-26(37)38)24(35)18-31-30/h3-14,19,22,27,30H,15-18H2,1-2H3,(H,32,39)(H,33,36)(H,37,38)/b14-13+,31-30?/t22-,27?,29?/m0/s1. The molecule has 0 fully saturated rings. The normalized spacial score (nSPS) is 17.9. The number of hydrogen-bond acceptors (Lipinski definition) is 8. The molecule has 11 heteroatoms. The average molecular weight is 548 g/mol. The topological polar surface area (TPSA) is 170 Å². The van der Waals surface area contributed by atoms with Crippen LogP contribution in [0.2, 0.25) is 0 Å². The number of nitrogens with zero attached hydrogens (tertiary/aromatic N) is 2. The minimum atomic E-state index is -1.59. The van der Waals surface area contributed by atoms with Gasteiger partial charge in [0.25, 0.3) is 5.91 Å². The number of benzene rings is 2. The number of Topliss-reactive ketones (excluding diaryl/α,β-unsaturated/α-hetero) is 1. The van der Waals surface area contributed by atoms with Crippen molar-refractivity contribution in [1.82, 2.24) is 10.6 Å². The smallest absolute Gasteiger partial charge is 0.305 e. The number of carboxylic acids is 1. The van der Waals surface area contributed by atoms with E-state index in [1.165, 1.54) is 6.08 Å². The van der Waals surface area contributed by atoms with E-state index in [-0.39, 0.29) is 24.7 Å². The zero-order valence-electron chi connectivity index (χ0n) is 22.4. The van der Waals surface area contributed by atoms with Crippen LogP contribution in [-0.4, -0.2) is 58.6 Å². The van der Waals surface area contributed by atoms with Crippen LogP contribution >= 0.6 is 0 Å². The number of aliphatic carboxylic acids is 1. The predicted octanol–water partition coefficient (Wildman–Crippen LogP) is 3.16. The second kappa shape index (κ2) is 13.9. The minimum Gasteiger partial charge on any atom is -0.481 e. The van der Waals surface area contributed by atoms with E-state index >= 15 is 0 Å². The molecule has 1 heterocycles. The second-order valence-corrected chi connectivity index (χ2v) is 9.89. The van der Waals surface area contributed by atoms with Gasteiger partial charge in [-0.25, -0.2) is 5.53 Å². The van der Waals surface area contributed by atoms with E-state index in [4.69, 9.17) is 10.4 Å². The fourth-order valence-electron chi connectivity index (χ4n) is 4.36. The van der Waals surface area contributed by atoms with Crippen LogP contribution in [0.4, 0.5) is 0 Å². The summed E-state index contributed by atoms with van der Waals surface area (Å²) in [7, 11) is 0. The van der Waals surface area contributed by atoms with Gasteiger partial charge in [-0.05, 0) is 23.1 Å². The lowest BCUT2D eigenvalue weighted by Crippen LogP contribution is -2.55. The van der Waals surface area contributed by atoms with Gasteiger partial charge in [-0.1, -0.05) is 79.7 Å². The van der Waals surface area contributed by atoms with Crippen molar-refractivity contribution in [3.63, 3.8) is 0 Å². The maximum Gasteiger partial charge on any atom is 0.305 e. The first kappa shape index (κ1) is 29.9. The van der Waals surface area contributed by atoms with Crippen LogP contribution in [0.25, 0.3) is 6.08 Å². The molecule has 11 nitrogen and oxygen atoms in total. The van der Waals surface area contributed by atoms with E-state index in [0.29, 0.717) is 5.71 Å². The molecule has 4 N–H and O–H groups in total. The molecule has 2 unspecified atom stereocenters. The van der Waals surface area contributed by atoms with Gasteiger partial charge in [0, 0.05) is 18.9 Å². The Morgan fingerprint density at radius 3 is 2.33 bits per heavy atom. The largest absolute Gasteiger partial charge is 0.481 e. The highest BCUT2D eigenvalue weighted by molar-refractivity contribution is 6.03. The van der Waals surface area contributed by atoms with Crippen molar-refractivity contribution in [1.29, 1.82) is 5.53 Å². The number of amides is 2. The van der Waals surface area contributed by atoms with E-state index in [1.807, 2.05) is 62.4 Å². The van der Waals surface area contributed by atoms with Crippen LogP contribution in [0.15, 0.2) is 77.0 Å². The molecule has 0 spiro atoms. The number of carboxylic acid groups (broad SMARTS) is 1. The third kappa shape index (κ3) is 8.16. The molecule has 0 bridgehead atoms. The number of carbonyl (C=O) groups is 4. The quantitative estimate of drug-likeness (QED) is 0.209. The summed E-state index contributed by atoms with van der Waals surface area (Å²) in [6.07, 6.45) is 2.51. The Balaban J connectivity index is 1.83. The summed E-state index contributed by atoms with van der Waals surface area (Å²) >= 11 is 0. The third-order valence-electron chi connectivity index (χ3n) is 6.41. The molecule has 0 saturated carbocycles. The average Bonchev–Trinajstić information content (AvgIpc) is 3.35. The maximum absolute atomic E-state index is 13.7. The van der Waals surface area contributed by atoms with Gasteiger partial charge in [-0.3, -0.25) is 19.2 Å². The van der Waals surface area contributed by atoms with Crippen molar-refractivity contribution in [3.05, 3.63) is 77.9 Å². The van der Waals surface area contributed by atoms with E-state index in [1.54, 1.807) is 18.2 Å². The molecule has 2 aromatic carbocycles. The molecular formula is C29H33N5O6. The molecule has 2 aromatic rings. The summed E-state index contributed by atoms with van der Waals surface area (Å²) in [4.78, 5) is 56.0. The van der Waals surface area contributed by atoms with Gasteiger partial charge in [-0.2, -0.15) is 5.11 Å². The van der Waals surface area contributed by atoms with Gasteiger partial charge in [0.15, 0.2) is 5.78 Å². The van der Waals surface area contributed by atoms with Crippen LogP contribution in [0.3, 0.4) is 0 Å². The first-order chi connectivity index (χ1) is 19.1. The summed E-state index contributed by atoms with van der Waals surface area (Å²) in [5, 5.41) is 21.9. The number of oxime groups is 1. The molecule has 210 valence electrons. The number of nitrogens with one attached hydrogen (secondary N) is 3. The zero-order chi connectivity index (χ0) is 29.1. The molecule has 0 aromatic heterocycles. The molecule has 40 heavy (non-hydrogen) atoms. The Bertz CT molecular complexity index is 1280. The Kier molecular flexibility index (Phi) is 10.4. The third-order valence-corrected chi connectivity index (χ3v) is 6.41. The molecule has 1 aliphatic rings. The monoisotopic (exact) mass is 547 g/mol. The van der Waals surface area contributed by atoms with Crippen LogP contribution in [0.5, 0.6) is 0 Å². The van der Waals surface area contributed by atoms with Crippen molar-refractivity contribution >= 4 is 35.4 Å². The van der Waals surface area contributed by atoms with Crippen LogP contribution in [0.1, 0.15) is 37.8 Å². The van der Waals surface area contributed by atoms with Gasteiger partial charge in [0.05, 0.1) is 18.2 Å². The van der Waals surface area contributed by atoms with Gasteiger partial charge in [0.2, 0.25) is 11.5 Å². The minimum absolute atomic E-state index is 0.00391. The molecular weight excluding hydrogens is 514 g/mol. The highest BCUT2D eigenvalue weighted by Crippen LogP contribution is 2.31. The number of hydrogen-bond donors (Lipinski definition) is 4. The molecule has 1 aliphatic heterocycles. The SMILES string of the molecule is CC(C)C(NC(=O)/C=C/c1ccccc1)C1=NOC(Cc2ccccc2)(C(=O)N[C@@H](CC(=O)O)C(=O)CN=N)C1. The van der Waals surface area contributed by atoms with Crippen molar-refractivity contribution in [3.8, 4) is 0 Å². The van der Waals surface area contributed by atoms with Crippen LogP contribution in [-0.2, 0) is 30.4 Å². The lowest BCUT2D eigenvalue weighted by molar-refractivity contribution is -0.147. The van der Waals surface area contributed by atoms with Crippen molar-refractivity contribution in [2.45, 2.75) is 50.8 Å². The van der Waals surface area contributed by atoms with Gasteiger partial charge in [-0.15, -0.1) is 0 Å². The highest BCUT2D eigenvalue weighted by Gasteiger charge is 2.49. The van der Waals surface area contributed by atoms with E-state index < -0.39 is 48.3 Å². The van der Waals surface area contributed by atoms with Crippen LogP contribution < -0.4 is 10.6 Å². The Hall–Kier alpha value is -4.67. The maximum atomic E-state index is 13.7. The molecule has 3 rings (SSSR count). The summed E-state index contributed by atoms with van der Waals surface area (Å²) < 4.78 is 0. The molecule has 3 atom stereocenters. The Morgan fingerprint density at radius 2 is 1.73 bits per heavy atom. The molecule has 0 radical (unpaired) electrons. The van der Waals surface area contributed by atoms with Gasteiger partial charge in [0.1, 0.15) is 12.6 Å². The summed E-state index contributed by atoms with van der Waals surface area (Å²) in [6.45, 7) is 3.24. The van der Waals surface area contributed by atoms with E-state index in [0.717, 1.165) is 11.1 Å². The first-order valence-electron chi connectivity index (χ1n) is 12.8. The highest BCUT2D eigenvalue weighted by atomic mass is 16.7. The fourth-order valence-corrected chi connectivity index (χ4v) is 4.36. The van der Waals surface area contributed by atoms with E-state index in [2.05, 4.69) is 20.9 Å². The van der Waals surface area contributed by atoms with Gasteiger partial charge >= 0.3 is 5.97 Å². The van der Waals surface area contributed by atoms with Crippen molar-refractivity contribution in [2.24, 2.45) is 16.2 Å². The molecule has 0 aliphatic carbocycles. The summed E-state index contributed by atoms with van der Waals surface area (Å²) in [5.74, 6) is -3.18. The summed E-state index contributed by atoms with van der Waals surface area (Å²) in [6, 6.07) is 16.5. The van der Waals surface area contributed by atoms with Crippen LogP contribution in [0, 0.1) is 11.4 Å². The lowest BCUT2D eigenvalue weighted by Gasteiger charge is -2.28. The molecule has 0 saturated heterocycles. The first-order valence-corrected chi connectivity index (χ1v) is 12.8. The van der Waals surface area contributed by atoms with Crippen molar-refractivity contribution < 1.29 is 29.1 Å². The fraction of sp³-hybridized carbons (Fsp3) is 0.345. The summed E-state index contributed by atoms with van der Waals surface area (Å²) in [5.41, 5.74) is 7.42. The van der Waals surface area contributed by atoms with Gasteiger partial charge < -0.3 is 20.6 Å². The van der Waals surface area contributed by atoms with E-state index in [9.17, 15) is 24.3 Å². The van der Waals surface area contributed by atoms with Crippen molar-refractivity contribution in [2.75, 3.05) is 6.54 Å². The Morgan fingerprint density at radius 1 is 1.07 bits per heavy atom. The Labute approximate surface area is 232 Å².